The predicted molar refractivity (Wildman–Crippen MR) is 103 cm³/mol. The van der Waals surface area contributed by atoms with Gasteiger partial charge in [0.25, 0.3) is 0 Å². The molecule has 0 saturated carbocycles. The van der Waals surface area contributed by atoms with Crippen LogP contribution < -0.4 is 15.5 Å². The predicted octanol–water partition coefficient (Wildman–Crippen LogP) is 4.25. The molecular formula is C15H13Br2N3O2S. The van der Waals surface area contributed by atoms with E-state index in [4.69, 9.17) is 17.0 Å². The number of thiocarbonyl (C=S) groups is 1. The zero-order valence-corrected chi connectivity index (χ0v) is 16.0. The number of ether oxygens (including phenoxy) is 1. The maximum absolute atomic E-state index is 9.94. The van der Waals surface area contributed by atoms with Gasteiger partial charge in [0.05, 0.1) is 23.5 Å². The van der Waals surface area contributed by atoms with E-state index in [0.717, 1.165) is 10.2 Å². The molecule has 0 aromatic heterocycles. The average molecular weight is 459 g/mol. The Hall–Kier alpha value is -1.64. The fourth-order valence-electron chi connectivity index (χ4n) is 1.74. The Labute approximate surface area is 156 Å². The number of hydrogen-bond donors (Lipinski definition) is 3. The number of hydrazone groups is 1. The highest BCUT2D eigenvalue weighted by atomic mass is 79.9. The second-order valence-corrected chi connectivity index (χ2v) is 6.53. The number of benzene rings is 2. The molecule has 0 unspecified atom stereocenters. The van der Waals surface area contributed by atoms with Crippen LogP contribution >= 0.6 is 44.1 Å². The van der Waals surface area contributed by atoms with Crippen LogP contribution in [0.3, 0.4) is 0 Å². The summed E-state index contributed by atoms with van der Waals surface area (Å²) in [6.45, 7) is 0. The van der Waals surface area contributed by atoms with Gasteiger partial charge in [0.2, 0.25) is 0 Å². The molecule has 2 aromatic rings. The standard InChI is InChI=1S/C15H13Br2N3O2S/c1-22-13-5-3-2-4-12(13)19-15(23)20-18-8-9-6-10(16)7-11(17)14(9)21/h2-8,21H,1H3,(H2,19,20,23). The van der Waals surface area contributed by atoms with Crippen molar-refractivity contribution in [2.45, 2.75) is 0 Å². The van der Waals surface area contributed by atoms with E-state index in [-0.39, 0.29) is 5.75 Å². The van der Waals surface area contributed by atoms with Gasteiger partial charge in [-0.1, -0.05) is 28.1 Å². The zero-order chi connectivity index (χ0) is 16.8. The monoisotopic (exact) mass is 457 g/mol. The minimum absolute atomic E-state index is 0.0994. The van der Waals surface area contributed by atoms with Gasteiger partial charge in [0.15, 0.2) is 5.11 Å². The van der Waals surface area contributed by atoms with E-state index >= 15 is 0 Å². The van der Waals surface area contributed by atoms with Gasteiger partial charge in [0.1, 0.15) is 11.5 Å². The van der Waals surface area contributed by atoms with Crippen LogP contribution in [-0.4, -0.2) is 23.5 Å². The molecule has 23 heavy (non-hydrogen) atoms. The summed E-state index contributed by atoms with van der Waals surface area (Å²) >= 11 is 11.8. The molecule has 0 saturated heterocycles. The molecular weight excluding hydrogens is 446 g/mol. The molecule has 3 N–H and O–H groups in total. The highest BCUT2D eigenvalue weighted by Crippen LogP contribution is 2.30. The number of nitrogens with zero attached hydrogens (tertiary/aromatic N) is 1. The summed E-state index contributed by atoms with van der Waals surface area (Å²) < 4.78 is 6.62. The lowest BCUT2D eigenvalue weighted by atomic mass is 10.2. The number of methoxy groups -OCH3 is 1. The van der Waals surface area contributed by atoms with E-state index in [0.29, 0.717) is 20.9 Å². The summed E-state index contributed by atoms with van der Waals surface area (Å²) in [7, 11) is 1.59. The molecule has 0 aliphatic carbocycles. The first-order chi connectivity index (χ1) is 11.0. The molecule has 0 amide bonds. The van der Waals surface area contributed by atoms with Crippen molar-refractivity contribution in [2.75, 3.05) is 12.4 Å². The van der Waals surface area contributed by atoms with E-state index in [1.54, 1.807) is 19.2 Å². The van der Waals surface area contributed by atoms with Crippen LogP contribution in [0.25, 0.3) is 0 Å². The Morgan fingerprint density at radius 2 is 2.04 bits per heavy atom. The maximum atomic E-state index is 9.94. The molecule has 0 bridgehead atoms. The fraction of sp³-hybridized carbons (Fsp3) is 0.0667. The van der Waals surface area contributed by atoms with Crippen molar-refractivity contribution in [2.24, 2.45) is 5.10 Å². The number of nitrogens with one attached hydrogen (secondary N) is 2. The van der Waals surface area contributed by atoms with E-state index in [1.807, 2.05) is 24.3 Å². The second-order valence-electron chi connectivity index (χ2n) is 4.35. The number of phenols is 1. The first-order valence-electron chi connectivity index (χ1n) is 6.42. The summed E-state index contributed by atoms with van der Waals surface area (Å²) in [5, 5.41) is 17.2. The molecule has 0 spiro atoms. The van der Waals surface area contributed by atoms with Gasteiger partial charge in [-0.2, -0.15) is 5.10 Å². The van der Waals surface area contributed by atoms with Crippen molar-refractivity contribution < 1.29 is 9.84 Å². The first kappa shape index (κ1) is 17.7. The molecule has 2 rings (SSSR count). The first-order valence-corrected chi connectivity index (χ1v) is 8.41. The van der Waals surface area contributed by atoms with Crippen LogP contribution in [0.2, 0.25) is 0 Å². The quantitative estimate of drug-likeness (QED) is 0.363. The molecule has 0 aliphatic rings. The summed E-state index contributed by atoms with van der Waals surface area (Å²) in [6, 6.07) is 10.9. The fourth-order valence-corrected chi connectivity index (χ4v) is 3.16. The molecule has 5 nitrogen and oxygen atoms in total. The van der Waals surface area contributed by atoms with E-state index in [9.17, 15) is 5.11 Å². The van der Waals surface area contributed by atoms with Gasteiger partial charge in [-0.05, 0) is 52.4 Å². The van der Waals surface area contributed by atoms with Crippen molar-refractivity contribution >= 4 is 61.1 Å². The molecule has 0 heterocycles. The number of halogens is 2. The van der Waals surface area contributed by atoms with Crippen LogP contribution in [0.1, 0.15) is 5.56 Å². The second kappa shape index (κ2) is 8.28. The molecule has 0 aliphatic heterocycles. The number of aromatic hydroxyl groups is 1. The lowest BCUT2D eigenvalue weighted by Crippen LogP contribution is -2.24. The third-order valence-electron chi connectivity index (χ3n) is 2.78. The van der Waals surface area contributed by atoms with Crippen molar-refractivity contribution in [3.63, 3.8) is 0 Å². The maximum Gasteiger partial charge on any atom is 0.191 e. The third-order valence-corrected chi connectivity index (χ3v) is 4.04. The number of para-hydroxylation sites is 2. The molecule has 0 atom stereocenters. The normalized spacial score (nSPS) is 10.6. The third kappa shape index (κ3) is 4.92. The van der Waals surface area contributed by atoms with Crippen LogP contribution in [0.15, 0.2) is 50.4 Å². The largest absolute Gasteiger partial charge is 0.506 e. The van der Waals surface area contributed by atoms with Crippen LogP contribution in [0.4, 0.5) is 5.69 Å². The molecule has 2 aromatic carbocycles. The SMILES string of the molecule is COc1ccccc1NC(=S)NN=Cc1cc(Br)cc(Br)c1O. The Morgan fingerprint density at radius 3 is 2.78 bits per heavy atom. The summed E-state index contributed by atoms with van der Waals surface area (Å²) in [4.78, 5) is 0. The summed E-state index contributed by atoms with van der Waals surface area (Å²) in [5.41, 5.74) is 3.96. The molecule has 0 radical (unpaired) electrons. The van der Waals surface area contributed by atoms with Crippen molar-refractivity contribution in [1.82, 2.24) is 5.43 Å². The van der Waals surface area contributed by atoms with Gasteiger partial charge in [-0.15, -0.1) is 0 Å². The lowest BCUT2D eigenvalue weighted by molar-refractivity contribution is 0.417. The van der Waals surface area contributed by atoms with E-state index in [1.165, 1.54) is 6.21 Å². The number of anilines is 1. The van der Waals surface area contributed by atoms with Crippen molar-refractivity contribution in [3.05, 3.63) is 50.9 Å². The minimum Gasteiger partial charge on any atom is -0.506 e. The summed E-state index contributed by atoms with van der Waals surface area (Å²) in [6.07, 6.45) is 1.47. The zero-order valence-electron chi connectivity index (χ0n) is 12.0. The Kier molecular flexibility index (Phi) is 6.37. The van der Waals surface area contributed by atoms with Crippen molar-refractivity contribution in [1.29, 1.82) is 0 Å². The van der Waals surface area contributed by atoms with Gasteiger partial charge >= 0.3 is 0 Å². The van der Waals surface area contributed by atoms with Crippen LogP contribution in [0, 0.1) is 0 Å². The van der Waals surface area contributed by atoms with Crippen molar-refractivity contribution in [3.8, 4) is 11.5 Å². The molecule has 8 heteroatoms. The topological polar surface area (TPSA) is 65.9 Å². The van der Waals surface area contributed by atoms with Gasteiger partial charge in [-0.3, -0.25) is 5.43 Å². The van der Waals surface area contributed by atoms with E-state index in [2.05, 4.69) is 47.7 Å². The lowest BCUT2D eigenvalue weighted by Gasteiger charge is -2.10. The number of phenolic OH excluding ortho intramolecular Hbond substituents is 1. The minimum atomic E-state index is 0.0994. The molecule has 120 valence electrons. The Balaban J connectivity index is 2.02. The van der Waals surface area contributed by atoms with Gasteiger partial charge in [-0.25, -0.2) is 0 Å². The molecule has 0 fully saturated rings. The number of rotatable bonds is 4. The summed E-state index contributed by atoms with van der Waals surface area (Å²) in [5.74, 6) is 0.775. The van der Waals surface area contributed by atoms with Crippen LogP contribution in [-0.2, 0) is 0 Å². The van der Waals surface area contributed by atoms with E-state index < -0.39 is 0 Å². The number of hydrogen-bond acceptors (Lipinski definition) is 4. The van der Waals surface area contributed by atoms with Gasteiger partial charge in [0, 0.05) is 10.0 Å². The smallest absolute Gasteiger partial charge is 0.191 e. The average Bonchev–Trinajstić information content (AvgIpc) is 2.52. The highest BCUT2D eigenvalue weighted by Gasteiger charge is 2.06. The Bertz CT molecular complexity index is 753. The van der Waals surface area contributed by atoms with Crippen LogP contribution in [0.5, 0.6) is 11.5 Å². The highest BCUT2D eigenvalue weighted by molar-refractivity contribution is 9.11. The van der Waals surface area contributed by atoms with Gasteiger partial charge < -0.3 is 15.2 Å². The Morgan fingerprint density at radius 1 is 1.30 bits per heavy atom.